The first-order valence-electron chi connectivity index (χ1n) is 7.64. The fraction of sp³-hybridized carbons (Fsp3) is 0.150. The summed E-state index contributed by atoms with van der Waals surface area (Å²) in [4.78, 5) is 17.5. The molecular weight excluding hydrogens is 284 g/mol. The third kappa shape index (κ3) is 3.12. The molecular formula is C20H16N2O. The predicted molar refractivity (Wildman–Crippen MR) is 90.2 cm³/mol. The van der Waals surface area contributed by atoms with Crippen LogP contribution in [0.1, 0.15) is 34.5 Å². The van der Waals surface area contributed by atoms with Gasteiger partial charge in [-0.25, -0.2) is 0 Å². The van der Waals surface area contributed by atoms with Gasteiger partial charge >= 0.3 is 0 Å². The summed E-state index contributed by atoms with van der Waals surface area (Å²) >= 11 is 0. The number of nitriles is 1. The summed E-state index contributed by atoms with van der Waals surface area (Å²) in [6.45, 7) is 0. The Balaban J connectivity index is 2.13. The van der Waals surface area contributed by atoms with Crippen molar-refractivity contribution >= 4 is 16.6 Å². The Hall–Kier alpha value is -2.99. The molecule has 0 saturated carbocycles. The summed E-state index contributed by atoms with van der Waals surface area (Å²) in [5.74, 6) is -0.0122. The van der Waals surface area contributed by atoms with E-state index in [9.17, 15) is 4.79 Å². The summed E-state index contributed by atoms with van der Waals surface area (Å²) in [6, 6.07) is 19.2. The van der Waals surface area contributed by atoms with Crippen LogP contribution in [-0.2, 0) is 6.42 Å². The molecule has 0 fully saturated rings. The summed E-state index contributed by atoms with van der Waals surface area (Å²) in [5, 5.41) is 10.6. The van der Waals surface area contributed by atoms with Crippen LogP contribution in [-0.4, -0.2) is 10.8 Å². The fourth-order valence-corrected chi connectivity index (χ4v) is 2.72. The van der Waals surface area contributed by atoms with E-state index >= 15 is 0 Å². The van der Waals surface area contributed by atoms with Gasteiger partial charge in [-0.2, -0.15) is 5.26 Å². The van der Waals surface area contributed by atoms with Gasteiger partial charge in [-0.1, -0.05) is 54.6 Å². The molecule has 0 spiro atoms. The molecule has 0 atom stereocenters. The summed E-state index contributed by atoms with van der Waals surface area (Å²) in [6.07, 6.45) is 3.61. The average Bonchev–Trinajstić information content (AvgIpc) is 2.62. The van der Waals surface area contributed by atoms with E-state index in [1.54, 1.807) is 6.20 Å². The van der Waals surface area contributed by atoms with Crippen LogP contribution in [0.25, 0.3) is 10.8 Å². The summed E-state index contributed by atoms with van der Waals surface area (Å²) in [7, 11) is 0. The van der Waals surface area contributed by atoms with E-state index < -0.39 is 0 Å². The molecule has 0 unspecified atom stereocenters. The molecule has 3 aromatic rings. The average molecular weight is 300 g/mol. The van der Waals surface area contributed by atoms with E-state index in [1.165, 1.54) is 0 Å². The van der Waals surface area contributed by atoms with E-state index in [1.807, 2.05) is 54.6 Å². The summed E-state index contributed by atoms with van der Waals surface area (Å²) < 4.78 is 0. The minimum Gasteiger partial charge on any atom is -0.289 e. The van der Waals surface area contributed by atoms with Crippen molar-refractivity contribution in [1.82, 2.24) is 4.98 Å². The van der Waals surface area contributed by atoms with Gasteiger partial charge in [-0.15, -0.1) is 0 Å². The molecule has 0 bridgehead atoms. The van der Waals surface area contributed by atoms with Crippen LogP contribution in [0.3, 0.4) is 0 Å². The second kappa shape index (κ2) is 6.85. The van der Waals surface area contributed by atoms with Crippen molar-refractivity contribution in [2.45, 2.75) is 19.3 Å². The van der Waals surface area contributed by atoms with Gasteiger partial charge in [0.1, 0.15) is 0 Å². The van der Waals surface area contributed by atoms with E-state index in [4.69, 9.17) is 5.26 Å². The van der Waals surface area contributed by atoms with Gasteiger partial charge in [0.05, 0.1) is 17.3 Å². The van der Waals surface area contributed by atoms with Crippen LogP contribution < -0.4 is 0 Å². The van der Waals surface area contributed by atoms with Crippen molar-refractivity contribution in [1.29, 1.82) is 5.26 Å². The minimum atomic E-state index is -0.0122. The van der Waals surface area contributed by atoms with Crippen LogP contribution in [0.4, 0.5) is 0 Å². The zero-order valence-corrected chi connectivity index (χ0v) is 12.7. The van der Waals surface area contributed by atoms with Crippen LogP contribution in [0, 0.1) is 11.3 Å². The number of carbonyl (C=O) groups excluding carboxylic acids is 1. The maximum Gasteiger partial charge on any atom is 0.195 e. The second-order valence-electron chi connectivity index (χ2n) is 5.37. The molecule has 3 heteroatoms. The zero-order chi connectivity index (χ0) is 16.1. The Morgan fingerprint density at radius 2 is 1.78 bits per heavy atom. The van der Waals surface area contributed by atoms with Gasteiger partial charge in [-0.3, -0.25) is 9.78 Å². The molecule has 112 valence electrons. The predicted octanol–water partition coefficient (Wildman–Crippen LogP) is 4.31. The Bertz CT molecular complexity index is 879. The topological polar surface area (TPSA) is 53.8 Å². The highest BCUT2D eigenvalue weighted by Crippen LogP contribution is 2.24. The zero-order valence-electron chi connectivity index (χ0n) is 12.7. The van der Waals surface area contributed by atoms with Crippen LogP contribution >= 0.6 is 0 Å². The largest absolute Gasteiger partial charge is 0.289 e. The number of unbranched alkanes of at least 4 members (excludes halogenated alkanes) is 1. The van der Waals surface area contributed by atoms with Crippen LogP contribution in [0.2, 0.25) is 0 Å². The van der Waals surface area contributed by atoms with Gasteiger partial charge in [-0.05, 0) is 18.2 Å². The molecule has 0 aliphatic heterocycles. The quantitative estimate of drug-likeness (QED) is 0.521. The first-order valence-corrected chi connectivity index (χ1v) is 7.64. The van der Waals surface area contributed by atoms with Gasteiger partial charge in [0.25, 0.3) is 0 Å². The van der Waals surface area contributed by atoms with Crippen LogP contribution in [0.5, 0.6) is 0 Å². The Morgan fingerprint density at radius 1 is 1.04 bits per heavy atom. The van der Waals surface area contributed by atoms with E-state index in [0.29, 0.717) is 30.4 Å². The molecule has 0 aliphatic rings. The number of ketones is 1. The number of nitrogens with zero attached hydrogens (tertiary/aromatic N) is 2. The second-order valence-corrected chi connectivity index (χ2v) is 5.37. The molecule has 0 aliphatic carbocycles. The highest BCUT2D eigenvalue weighted by molar-refractivity contribution is 6.17. The number of aromatic nitrogens is 1. The molecule has 2 aromatic carbocycles. The highest BCUT2D eigenvalue weighted by atomic mass is 16.1. The number of rotatable bonds is 5. The first-order chi connectivity index (χ1) is 11.3. The molecule has 3 rings (SSSR count). The van der Waals surface area contributed by atoms with E-state index in [0.717, 1.165) is 16.5 Å². The lowest BCUT2D eigenvalue weighted by molar-refractivity contribution is 0.103. The van der Waals surface area contributed by atoms with Gasteiger partial charge in [0.2, 0.25) is 0 Å². The molecule has 3 nitrogen and oxygen atoms in total. The Morgan fingerprint density at radius 3 is 2.57 bits per heavy atom. The fourth-order valence-electron chi connectivity index (χ4n) is 2.72. The number of carbonyl (C=O) groups is 1. The normalized spacial score (nSPS) is 10.4. The van der Waals surface area contributed by atoms with Crippen molar-refractivity contribution in [2.75, 3.05) is 0 Å². The lowest BCUT2D eigenvalue weighted by Gasteiger charge is -2.11. The maximum absolute atomic E-state index is 13.0. The van der Waals surface area contributed by atoms with Gasteiger partial charge < -0.3 is 0 Å². The molecule has 0 saturated heterocycles. The van der Waals surface area contributed by atoms with Gasteiger partial charge in [0.15, 0.2) is 5.78 Å². The Labute approximate surface area is 135 Å². The highest BCUT2D eigenvalue weighted by Gasteiger charge is 2.17. The third-order valence-electron chi connectivity index (χ3n) is 3.84. The minimum absolute atomic E-state index is 0.0122. The number of hydrogen-bond acceptors (Lipinski definition) is 3. The lowest BCUT2D eigenvalue weighted by atomic mass is 9.94. The van der Waals surface area contributed by atoms with Crippen LogP contribution in [0.15, 0.2) is 60.8 Å². The van der Waals surface area contributed by atoms with E-state index in [2.05, 4.69) is 11.1 Å². The van der Waals surface area contributed by atoms with E-state index in [-0.39, 0.29) is 5.78 Å². The number of hydrogen-bond donors (Lipinski definition) is 0. The lowest BCUT2D eigenvalue weighted by Crippen LogP contribution is -2.08. The van der Waals surface area contributed by atoms with Crippen molar-refractivity contribution in [3.8, 4) is 6.07 Å². The standard InChI is InChI=1S/C20H16N2O/c21-13-7-6-12-18-19(20(23)15-8-2-1-3-9-15)17-11-5-4-10-16(17)14-22-18/h1-5,8-11,14H,6-7,12H2. The number of benzene rings is 2. The third-order valence-corrected chi connectivity index (χ3v) is 3.84. The molecule has 0 radical (unpaired) electrons. The molecule has 0 amide bonds. The number of aryl methyl sites for hydroxylation is 1. The van der Waals surface area contributed by atoms with Crippen molar-refractivity contribution in [3.05, 3.63) is 77.6 Å². The summed E-state index contributed by atoms with van der Waals surface area (Å²) in [5.41, 5.74) is 2.09. The molecule has 0 N–H and O–H groups in total. The van der Waals surface area contributed by atoms with Gasteiger partial charge in [0, 0.05) is 23.6 Å². The van der Waals surface area contributed by atoms with Crippen molar-refractivity contribution in [3.63, 3.8) is 0 Å². The number of pyridine rings is 1. The Kier molecular flexibility index (Phi) is 4.44. The SMILES string of the molecule is N#CCCCc1ncc2ccccc2c1C(=O)c1ccccc1. The maximum atomic E-state index is 13.0. The van der Waals surface area contributed by atoms with Crippen molar-refractivity contribution < 1.29 is 4.79 Å². The first kappa shape index (κ1) is 14.9. The monoisotopic (exact) mass is 300 g/mol. The molecule has 23 heavy (non-hydrogen) atoms. The molecule has 1 heterocycles. The smallest absolute Gasteiger partial charge is 0.195 e. The number of fused-ring (bicyclic) bond motifs is 1. The van der Waals surface area contributed by atoms with Crippen molar-refractivity contribution in [2.24, 2.45) is 0 Å². The molecule has 1 aromatic heterocycles.